The lowest BCUT2D eigenvalue weighted by Crippen LogP contribution is -2.09. The molecule has 0 N–H and O–H groups in total. The lowest BCUT2D eigenvalue weighted by molar-refractivity contribution is 0.101. The Kier molecular flexibility index (Phi) is 5.11. The second-order valence-corrected chi connectivity index (χ2v) is 6.71. The molecule has 0 aromatic heterocycles. The molecule has 0 saturated carbocycles. The van der Waals surface area contributed by atoms with E-state index in [0.717, 1.165) is 11.1 Å². The predicted molar refractivity (Wildman–Crippen MR) is 84.5 cm³/mol. The molecular weight excluding hydrogens is 300 g/mol. The van der Waals surface area contributed by atoms with Crippen molar-refractivity contribution in [2.24, 2.45) is 0 Å². The average molecular weight is 318 g/mol. The highest BCUT2D eigenvalue weighted by Crippen LogP contribution is 2.14. The van der Waals surface area contributed by atoms with E-state index < -0.39 is 10.1 Å². The fraction of sp³-hybridized carbons (Fsp3) is 0.235. The lowest BCUT2D eigenvalue weighted by atomic mass is 10.1. The van der Waals surface area contributed by atoms with Crippen LogP contribution in [0.15, 0.2) is 53.4 Å². The molecule has 0 spiro atoms. The van der Waals surface area contributed by atoms with Crippen molar-refractivity contribution < 1.29 is 17.4 Å². The summed E-state index contributed by atoms with van der Waals surface area (Å²) in [6.45, 7) is 3.46. The second kappa shape index (κ2) is 6.85. The molecule has 0 aliphatic carbocycles. The summed E-state index contributed by atoms with van der Waals surface area (Å²) in [5.74, 6) is 0.00440. The van der Waals surface area contributed by atoms with E-state index in [2.05, 4.69) is 0 Å². The van der Waals surface area contributed by atoms with Gasteiger partial charge in [-0.15, -0.1) is 0 Å². The van der Waals surface area contributed by atoms with Crippen molar-refractivity contribution in [2.45, 2.75) is 25.2 Å². The summed E-state index contributed by atoms with van der Waals surface area (Å²) in [6, 6.07) is 13.6. The topological polar surface area (TPSA) is 60.4 Å². The van der Waals surface area contributed by atoms with Crippen molar-refractivity contribution >= 4 is 15.9 Å². The molecule has 4 nitrogen and oxygen atoms in total. The van der Waals surface area contributed by atoms with Gasteiger partial charge in [0, 0.05) is 5.56 Å². The number of carbonyl (C=O) groups is 1. The fourth-order valence-electron chi connectivity index (χ4n) is 1.95. The molecule has 2 aromatic carbocycles. The Balaban J connectivity index is 1.95. The van der Waals surface area contributed by atoms with Crippen LogP contribution >= 0.6 is 0 Å². The molecule has 2 aromatic rings. The molecule has 0 aliphatic heterocycles. The molecular formula is C17H18O4S. The van der Waals surface area contributed by atoms with Crippen LogP contribution in [0.4, 0.5) is 0 Å². The zero-order valence-corrected chi connectivity index (χ0v) is 13.4. The smallest absolute Gasteiger partial charge is 0.295 e. The zero-order valence-electron chi connectivity index (χ0n) is 12.6. The van der Waals surface area contributed by atoms with Gasteiger partial charge in [0.2, 0.25) is 0 Å². The van der Waals surface area contributed by atoms with Gasteiger partial charge in [-0.05, 0) is 38.0 Å². The predicted octanol–water partition coefficient (Wildman–Crippen LogP) is 3.15. The molecule has 0 aliphatic rings. The highest BCUT2D eigenvalue weighted by atomic mass is 32.2. The van der Waals surface area contributed by atoms with Crippen LogP contribution in [0, 0.1) is 6.92 Å². The number of ketones is 1. The first-order valence-corrected chi connectivity index (χ1v) is 8.35. The third-order valence-corrected chi connectivity index (χ3v) is 4.63. The number of benzene rings is 2. The summed E-state index contributed by atoms with van der Waals surface area (Å²) < 4.78 is 29.1. The van der Waals surface area contributed by atoms with Crippen molar-refractivity contribution in [2.75, 3.05) is 6.61 Å². The average Bonchev–Trinajstić information content (AvgIpc) is 2.48. The third kappa shape index (κ3) is 4.26. The van der Waals surface area contributed by atoms with Gasteiger partial charge in [0.25, 0.3) is 10.1 Å². The maximum absolute atomic E-state index is 12.0. The first kappa shape index (κ1) is 16.4. The van der Waals surface area contributed by atoms with Crippen LogP contribution in [-0.4, -0.2) is 20.8 Å². The van der Waals surface area contributed by atoms with E-state index in [4.69, 9.17) is 4.18 Å². The van der Waals surface area contributed by atoms with Crippen molar-refractivity contribution in [3.8, 4) is 0 Å². The van der Waals surface area contributed by atoms with Gasteiger partial charge in [-0.3, -0.25) is 8.98 Å². The minimum atomic E-state index is -3.72. The number of hydrogen-bond donors (Lipinski definition) is 0. The largest absolute Gasteiger partial charge is 0.296 e. The molecule has 116 valence electrons. The quantitative estimate of drug-likeness (QED) is 0.606. The van der Waals surface area contributed by atoms with E-state index in [1.165, 1.54) is 19.1 Å². The van der Waals surface area contributed by atoms with Crippen LogP contribution in [0.2, 0.25) is 0 Å². The Bertz CT molecular complexity index is 744. The van der Waals surface area contributed by atoms with Crippen LogP contribution < -0.4 is 0 Å². The number of carbonyl (C=O) groups excluding carboxylic acids is 1. The van der Waals surface area contributed by atoms with Crippen LogP contribution in [0.3, 0.4) is 0 Å². The van der Waals surface area contributed by atoms with E-state index in [1.807, 2.05) is 6.92 Å². The summed E-state index contributed by atoms with van der Waals surface area (Å²) in [4.78, 5) is 11.3. The monoisotopic (exact) mass is 318 g/mol. The minimum Gasteiger partial charge on any atom is -0.295 e. The molecule has 5 heteroatoms. The van der Waals surface area contributed by atoms with E-state index in [9.17, 15) is 13.2 Å². The number of rotatable bonds is 6. The van der Waals surface area contributed by atoms with Gasteiger partial charge in [0.15, 0.2) is 5.78 Å². The summed E-state index contributed by atoms with van der Waals surface area (Å²) in [5.41, 5.74) is 2.55. The van der Waals surface area contributed by atoms with E-state index >= 15 is 0 Å². The van der Waals surface area contributed by atoms with Gasteiger partial charge in [-0.2, -0.15) is 8.42 Å². The summed E-state index contributed by atoms with van der Waals surface area (Å²) >= 11 is 0. The van der Waals surface area contributed by atoms with Gasteiger partial charge in [0.1, 0.15) is 0 Å². The first-order chi connectivity index (χ1) is 10.4. The first-order valence-electron chi connectivity index (χ1n) is 6.94. The van der Waals surface area contributed by atoms with E-state index in [-0.39, 0.29) is 17.3 Å². The maximum atomic E-state index is 12.0. The number of aryl methyl sites for hydroxylation is 1. The molecule has 2 rings (SSSR count). The fourth-order valence-corrected chi connectivity index (χ4v) is 2.86. The van der Waals surface area contributed by atoms with Crippen LogP contribution in [-0.2, 0) is 20.7 Å². The molecule has 0 fully saturated rings. The Morgan fingerprint density at radius 3 is 2.14 bits per heavy atom. The van der Waals surface area contributed by atoms with Crippen molar-refractivity contribution in [3.05, 3.63) is 65.2 Å². The molecule has 22 heavy (non-hydrogen) atoms. The lowest BCUT2D eigenvalue weighted by Gasteiger charge is -2.06. The van der Waals surface area contributed by atoms with E-state index in [1.54, 1.807) is 36.4 Å². The summed E-state index contributed by atoms with van der Waals surface area (Å²) in [6.07, 6.45) is 0.462. The van der Waals surface area contributed by atoms with Crippen molar-refractivity contribution in [1.29, 1.82) is 0 Å². The molecule has 0 heterocycles. The Morgan fingerprint density at radius 1 is 1.00 bits per heavy atom. The SMILES string of the molecule is CC(=O)c1ccc(CCOS(=O)(=O)c2ccc(C)cc2)cc1. The highest BCUT2D eigenvalue weighted by molar-refractivity contribution is 7.86. The van der Waals surface area contributed by atoms with Crippen molar-refractivity contribution in [1.82, 2.24) is 0 Å². The van der Waals surface area contributed by atoms with Crippen LogP contribution in [0.5, 0.6) is 0 Å². The van der Waals surface area contributed by atoms with Crippen LogP contribution in [0.25, 0.3) is 0 Å². The van der Waals surface area contributed by atoms with Gasteiger partial charge < -0.3 is 0 Å². The van der Waals surface area contributed by atoms with Crippen LogP contribution in [0.1, 0.15) is 28.4 Å². The highest BCUT2D eigenvalue weighted by Gasteiger charge is 2.14. The number of Topliss-reactive ketones (excluding diaryl/α,β-unsaturated/α-hetero) is 1. The molecule has 0 saturated heterocycles. The standard InChI is InChI=1S/C17H18O4S/c1-13-3-9-17(10-4-13)22(19,20)21-12-11-15-5-7-16(8-6-15)14(2)18/h3-10H,11-12H2,1-2H3. The molecule has 0 unspecified atom stereocenters. The molecule has 0 radical (unpaired) electrons. The Labute approximate surface area is 130 Å². The van der Waals surface area contributed by atoms with Gasteiger partial charge in [-0.25, -0.2) is 0 Å². The Morgan fingerprint density at radius 2 is 1.59 bits per heavy atom. The van der Waals surface area contributed by atoms with Gasteiger partial charge in [0.05, 0.1) is 11.5 Å². The van der Waals surface area contributed by atoms with Gasteiger partial charge >= 0.3 is 0 Å². The second-order valence-electron chi connectivity index (χ2n) is 5.09. The maximum Gasteiger partial charge on any atom is 0.296 e. The molecule has 0 atom stereocenters. The third-order valence-electron chi connectivity index (χ3n) is 3.30. The van der Waals surface area contributed by atoms with Crippen molar-refractivity contribution in [3.63, 3.8) is 0 Å². The summed E-state index contributed by atoms with van der Waals surface area (Å²) in [7, 11) is -3.72. The van der Waals surface area contributed by atoms with Gasteiger partial charge in [-0.1, -0.05) is 42.0 Å². The van der Waals surface area contributed by atoms with E-state index in [0.29, 0.717) is 12.0 Å². The minimum absolute atomic E-state index is 0.00440. The number of hydrogen-bond acceptors (Lipinski definition) is 4. The zero-order chi connectivity index (χ0) is 16.2. The molecule has 0 bridgehead atoms. The normalized spacial score (nSPS) is 11.4. The molecule has 0 amide bonds. The summed E-state index contributed by atoms with van der Waals surface area (Å²) in [5, 5.41) is 0. The Hall–Kier alpha value is -1.98.